The van der Waals surface area contributed by atoms with Gasteiger partial charge in [-0.2, -0.15) is 0 Å². The number of likely N-dealkylation sites (tertiary alicyclic amines) is 1. The molecule has 5 N–H and O–H groups in total. The number of aliphatic hydroxyl groups is 1. The molecule has 4 fully saturated rings. The number of nitrogens with two attached hydrogens (primary N) is 1. The van der Waals surface area contributed by atoms with Crippen LogP contribution in [0.25, 0.3) is 21.7 Å². The minimum absolute atomic E-state index is 0.0111. The molecule has 2 bridgehead atoms. The number of aryl methyl sites for hydroxylation is 1. The lowest BCUT2D eigenvalue weighted by Crippen LogP contribution is -2.54. The molecule has 8 heterocycles. The number of aromatic hydroxyl groups is 1. The maximum atomic E-state index is 14.1. The van der Waals surface area contributed by atoms with Crippen molar-refractivity contribution in [3.63, 3.8) is 0 Å². The van der Waals surface area contributed by atoms with Crippen molar-refractivity contribution in [2.75, 3.05) is 41.8 Å². The van der Waals surface area contributed by atoms with Crippen LogP contribution in [-0.4, -0.2) is 120 Å². The number of nitrogens with zero attached hydrogens (tertiary/aromatic N) is 9. The van der Waals surface area contributed by atoms with Crippen LogP contribution in [0.3, 0.4) is 0 Å². The highest BCUT2D eigenvalue weighted by atomic mass is 32.1. The van der Waals surface area contributed by atoms with E-state index in [1.165, 1.54) is 4.90 Å². The SMILES string of the molecule is Cc1ncsc1-c1ccc(CNC(=O)[C@@H]2C[C@@H](O)CN2C(=O)[C@H](c2cc(OCC#Cc3ccc(OC4CC(Oc5cc(N6C7CCC6CN(c6cc(-c8ccccc8O)nnc6N)C7)ccn5)C4)cn3)no2)C(C)C)cc1. The Balaban J connectivity index is 0.623. The number of amides is 2. The van der Waals surface area contributed by atoms with Crippen molar-refractivity contribution < 1.29 is 38.5 Å². The molecule has 7 aromatic rings. The second-order valence-corrected chi connectivity index (χ2v) is 21.2. The van der Waals surface area contributed by atoms with E-state index in [-0.39, 0.29) is 79.8 Å². The van der Waals surface area contributed by atoms with Gasteiger partial charge >= 0.3 is 0 Å². The van der Waals surface area contributed by atoms with Crippen molar-refractivity contribution in [2.45, 2.75) is 102 Å². The summed E-state index contributed by atoms with van der Waals surface area (Å²) in [5.41, 5.74) is 14.8. The van der Waals surface area contributed by atoms with Crippen molar-refractivity contribution in [3.05, 3.63) is 126 Å². The molecule has 396 valence electrons. The Morgan fingerprint density at radius 3 is 2.44 bits per heavy atom. The van der Waals surface area contributed by atoms with E-state index in [0.29, 0.717) is 53.0 Å². The van der Waals surface area contributed by atoms with Gasteiger partial charge in [-0.05, 0) is 84.3 Å². The Morgan fingerprint density at radius 2 is 1.70 bits per heavy atom. The summed E-state index contributed by atoms with van der Waals surface area (Å²) in [7, 11) is 0. The van der Waals surface area contributed by atoms with Crippen LogP contribution in [0.4, 0.5) is 17.2 Å². The number of hydrogen-bond donors (Lipinski definition) is 4. The first-order chi connectivity index (χ1) is 37.4. The van der Waals surface area contributed by atoms with Gasteiger partial charge in [0, 0.05) is 87.1 Å². The summed E-state index contributed by atoms with van der Waals surface area (Å²) in [4.78, 5) is 48.3. The zero-order valence-corrected chi connectivity index (χ0v) is 43.7. The number of anilines is 3. The van der Waals surface area contributed by atoms with E-state index < -0.39 is 18.1 Å². The highest BCUT2D eigenvalue weighted by Crippen LogP contribution is 2.41. The molecule has 5 aromatic heterocycles. The standard InChI is InChI=1S/C57H59N11O8S/c1-33(2)53(57(72)67-31-41(69)22-48(67)56(71)61-27-35-10-12-36(13-11-35)54-34(3)62-32-77-54)50-26-52(65-76-50)73-20-6-7-37-14-17-42(28-60-37)74-43-23-44(24-43)75-51-21-38(18-19-59-51)68-39-15-16-40(68)30-66(29-39)47-25-46(63-64-55(47)58)45-8-4-5-9-49(45)70/h4-5,8-14,17-19,21,25-26,28,32-33,39-41,43-44,48,53,69-70H,15-16,20,22-24,27,29-31H2,1-3H3,(H2,58,64)(H,61,71)/t39?,40?,41-,43?,44?,48+,53+/m1/s1. The van der Waals surface area contributed by atoms with Crippen LogP contribution in [0.5, 0.6) is 23.3 Å². The van der Waals surface area contributed by atoms with Gasteiger partial charge < -0.3 is 54.7 Å². The fourth-order valence-corrected chi connectivity index (χ4v) is 11.6. The number of hydrogen-bond acceptors (Lipinski definition) is 18. The van der Waals surface area contributed by atoms with Gasteiger partial charge in [0.15, 0.2) is 18.2 Å². The number of nitrogens with one attached hydrogen (secondary N) is 1. The molecule has 3 saturated heterocycles. The fourth-order valence-electron chi connectivity index (χ4n) is 10.8. The van der Waals surface area contributed by atoms with Gasteiger partial charge in [0.25, 0.3) is 5.88 Å². The van der Waals surface area contributed by atoms with E-state index in [1.807, 2.05) is 93.1 Å². The van der Waals surface area contributed by atoms with Crippen LogP contribution in [0, 0.1) is 24.7 Å². The largest absolute Gasteiger partial charge is 0.507 e. The topological polar surface area (TPSA) is 241 Å². The number of aliphatic hydroxyl groups excluding tert-OH is 1. The van der Waals surface area contributed by atoms with E-state index in [1.54, 1.807) is 41.8 Å². The third kappa shape index (κ3) is 11.2. The molecular formula is C57H59N11O8S. The number of benzene rings is 2. The molecule has 1 aliphatic carbocycles. The second-order valence-electron chi connectivity index (χ2n) is 20.4. The lowest BCUT2D eigenvalue weighted by Gasteiger charge is -2.43. The Bertz CT molecular complexity index is 3290. The average Bonchev–Trinajstić information content (AvgIpc) is 4.30. The zero-order valence-electron chi connectivity index (χ0n) is 42.9. The number of rotatable bonds is 16. The number of phenolic OH excluding ortho intramolecular Hbond substituents is 1. The van der Waals surface area contributed by atoms with Gasteiger partial charge in [-0.15, -0.1) is 21.5 Å². The minimum Gasteiger partial charge on any atom is -0.507 e. The molecule has 77 heavy (non-hydrogen) atoms. The predicted octanol–water partition coefficient (Wildman–Crippen LogP) is 6.94. The number of ether oxygens (including phenoxy) is 3. The Labute approximate surface area is 449 Å². The van der Waals surface area contributed by atoms with Gasteiger partial charge in [0.1, 0.15) is 41.4 Å². The molecule has 20 heteroatoms. The van der Waals surface area contributed by atoms with Crippen molar-refractivity contribution in [1.82, 2.24) is 40.5 Å². The summed E-state index contributed by atoms with van der Waals surface area (Å²) in [6.07, 6.45) is 6.20. The number of pyridine rings is 2. The number of piperazine rings is 1. The summed E-state index contributed by atoms with van der Waals surface area (Å²) in [5, 5.41) is 36.6. The van der Waals surface area contributed by atoms with Crippen LogP contribution in [-0.2, 0) is 16.1 Å². The first-order valence-electron chi connectivity index (χ1n) is 25.9. The average molecular weight is 1060 g/mol. The second kappa shape index (κ2) is 22.1. The Hall–Kier alpha value is -8.28. The summed E-state index contributed by atoms with van der Waals surface area (Å²) in [6, 6.07) is 25.9. The number of fused-ring (bicyclic) bond motifs is 2. The van der Waals surface area contributed by atoms with Crippen LogP contribution in [0.1, 0.15) is 74.6 Å². The Kier molecular flexibility index (Phi) is 14.6. The summed E-state index contributed by atoms with van der Waals surface area (Å²) in [5.74, 6) is 6.48. The number of β-amino-alcohol motifs (C(OH)–C–C–N with tert-alkyl or cyclic N) is 1. The van der Waals surface area contributed by atoms with Crippen molar-refractivity contribution in [2.24, 2.45) is 5.92 Å². The highest BCUT2D eigenvalue weighted by Gasteiger charge is 2.44. The molecule has 2 unspecified atom stereocenters. The van der Waals surface area contributed by atoms with Crippen molar-refractivity contribution in [3.8, 4) is 56.8 Å². The zero-order chi connectivity index (χ0) is 53.2. The number of para-hydroxylation sites is 1. The van der Waals surface area contributed by atoms with Gasteiger partial charge in [0.05, 0.1) is 39.8 Å². The van der Waals surface area contributed by atoms with Crippen LogP contribution < -0.4 is 35.1 Å². The van der Waals surface area contributed by atoms with E-state index >= 15 is 0 Å². The van der Waals surface area contributed by atoms with E-state index in [4.69, 9.17) is 24.5 Å². The third-order valence-electron chi connectivity index (χ3n) is 14.7. The quantitative estimate of drug-likeness (QED) is 0.0717. The fraction of sp³-hybridized carbons (Fsp3) is 0.368. The van der Waals surface area contributed by atoms with Crippen LogP contribution in [0.2, 0.25) is 0 Å². The van der Waals surface area contributed by atoms with Gasteiger partial charge in [0.2, 0.25) is 17.7 Å². The van der Waals surface area contributed by atoms with E-state index in [2.05, 4.69) is 57.3 Å². The summed E-state index contributed by atoms with van der Waals surface area (Å²) < 4.78 is 23.9. The molecule has 19 nitrogen and oxygen atoms in total. The number of aromatic nitrogens is 6. The molecule has 2 amide bonds. The minimum atomic E-state index is -0.843. The van der Waals surface area contributed by atoms with E-state index in [9.17, 15) is 19.8 Å². The number of phenols is 1. The lowest BCUT2D eigenvalue weighted by molar-refractivity contribution is -0.141. The number of carbonyl (C=O) groups excluding carboxylic acids is 2. The Morgan fingerprint density at radius 1 is 0.909 bits per heavy atom. The summed E-state index contributed by atoms with van der Waals surface area (Å²) in [6.45, 7) is 7.58. The predicted molar refractivity (Wildman–Crippen MR) is 288 cm³/mol. The molecule has 1 saturated carbocycles. The van der Waals surface area contributed by atoms with Crippen molar-refractivity contribution >= 4 is 40.3 Å². The molecule has 0 radical (unpaired) electrons. The molecule has 2 aromatic carbocycles. The maximum absolute atomic E-state index is 14.1. The molecule has 5 atom stereocenters. The van der Waals surface area contributed by atoms with E-state index in [0.717, 1.165) is 59.0 Å². The third-order valence-corrected chi connectivity index (χ3v) is 15.7. The molecular weight excluding hydrogens is 999 g/mol. The molecule has 3 aliphatic heterocycles. The van der Waals surface area contributed by atoms with Crippen LogP contribution in [0.15, 0.2) is 107 Å². The lowest BCUT2D eigenvalue weighted by atomic mass is 9.91. The van der Waals surface area contributed by atoms with Gasteiger partial charge in [-0.3, -0.25) is 9.59 Å². The summed E-state index contributed by atoms with van der Waals surface area (Å²) >= 11 is 1.58. The highest BCUT2D eigenvalue weighted by molar-refractivity contribution is 7.13. The normalized spacial score (nSPS) is 21.0. The molecule has 4 aliphatic rings. The monoisotopic (exact) mass is 1060 g/mol. The molecule has 11 rings (SSSR count). The van der Waals surface area contributed by atoms with Gasteiger partial charge in [-0.25, -0.2) is 15.0 Å². The number of thiazole rings is 1. The molecule has 0 spiro atoms. The van der Waals surface area contributed by atoms with Crippen molar-refractivity contribution in [1.29, 1.82) is 0 Å². The number of nitrogen functional groups attached to an aromatic ring is 1. The first-order valence-corrected chi connectivity index (χ1v) is 26.8. The first kappa shape index (κ1) is 50.9. The van der Waals surface area contributed by atoms with Crippen LogP contribution >= 0.6 is 11.3 Å². The van der Waals surface area contributed by atoms with Gasteiger partial charge in [-0.1, -0.05) is 56.2 Å². The smallest absolute Gasteiger partial charge is 0.255 e. The maximum Gasteiger partial charge on any atom is 0.255 e. The number of carbonyl (C=O) groups is 2.